The van der Waals surface area contributed by atoms with Crippen molar-refractivity contribution in [1.29, 1.82) is 0 Å². The van der Waals surface area contributed by atoms with Gasteiger partial charge in [0.15, 0.2) is 0 Å². The Bertz CT molecular complexity index is 989. The predicted molar refractivity (Wildman–Crippen MR) is 91.4 cm³/mol. The smallest absolute Gasteiger partial charge is 0.212 e. The van der Waals surface area contributed by atoms with E-state index in [0.717, 1.165) is 27.7 Å². The summed E-state index contributed by atoms with van der Waals surface area (Å²) in [5.74, 6) is 0.973. The number of pyridine rings is 1. The first-order valence-electron chi connectivity index (χ1n) is 7.54. The summed E-state index contributed by atoms with van der Waals surface area (Å²) in [6, 6.07) is 17.9. The summed E-state index contributed by atoms with van der Waals surface area (Å²) < 4.78 is 24.4. The second-order valence-corrected chi connectivity index (χ2v) is 5.40. The number of fused-ring (bicyclic) bond motifs is 1. The Hall–Kier alpha value is -3.14. The molecule has 0 aliphatic rings. The number of ether oxygens (including phenoxy) is 1. The lowest BCUT2D eigenvalue weighted by atomic mass is 10.00. The maximum absolute atomic E-state index is 13.3. The first kappa shape index (κ1) is 14.5. The van der Waals surface area contributed by atoms with Crippen LogP contribution in [0.2, 0.25) is 0 Å². The number of benzene rings is 2. The number of para-hydroxylation sites is 1. The van der Waals surface area contributed by atoms with Gasteiger partial charge >= 0.3 is 0 Å². The Morgan fingerprint density at radius 2 is 1.67 bits per heavy atom. The van der Waals surface area contributed by atoms with E-state index in [1.165, 1.54) is 12.1 Å². The van der Waals surface area contributed by atoms with Crippen molar-refractivity contribution in [2.24, 2.45) is 0 Å². The Morgan fingerprint density at radius 1 is 0.917 bits per heavy atom. The molecule has 0 spiro atoms. The average Bonchev–Trinajstić information content (AvgIpc) is 3.02. The summed E-state index contributed by atoms with van der Waals surface area (Å²) in [4.78, 5) is 4.28. The molecule has 0 aliphatic heterocycles. The molecule has 0 amide bonds. The van der Waals surface area contributed by atoms with Crippen LogP contribution in [-0.4, -0.2) is 12.1 Å². The van der Waals surface area contributed by atoms with Gasteiger partial charge < -0.3 is 9.15 Å². The third-order valence-corrected chi connectivity index (χ3v) is 3.94. The van der Waals surface area contributed by atoms with Gasteiger partial charge in [-0.15, -0.1) is 0 Å². The molecule has 0 atom stereocenters. The third-order valence-electron chi connectivity index (χ3n) is 3.94. The van der Waals surface area contributed by atoms with E-state index in [9.17, 15) is 4.39 Å². The highest BCUT2D eigenvalue weighted by Crippen LogP contribution is 2.40. The Balaban J connectivity index is 1.97. The molecule has 0 unspecified atom stereocenters. The summed E-state index contributed by atoms with van der Waals surface area (Å²) in [6.07, 6.45) is 1.75. The second-order valence-electron chi connectivity index (χ2n) is 5.40. The van der Waals surface area contributed by atoms with Crippen LogP contribution in [0.5, 0.6) is 5.88 Å². The van der Waals surface area contributed by atoms with Crippen LogP contribution in [0.3, 0.4) is 0 Å². The maximum Gasteiger partial charge on any atom is 0.212 e. The molecule has 0 saturated carbocycles. The zero-order valence-corrected chi connectivity index (χ0v) is 13.0. The Kier molecular flexibility index (Phi) is 3.50. The number of methoxy groups -OCH3 is 1. The monoisotopic (exact) mass is 319 g/mol. The first-order chi connectivity index (χ1) is 11.8. The normalized spacial score (nSPS) is 10.9. The highest BCUT2D eigenvalue weighted by molar-refractivity contribution is 6.01. The van der Waals surface area contributed by atoms with E-state index >= 15 is 0 Å². The fourth-order valence-electron chi connectivity index (χ4n) is 2.79. The molecule has 2 heterocycles. The van der Waals surface area contributed by atoms with Gasteiger partial charge in [0.05, 0.1) is 7.11 Å². The summed E-state index contributed by atoms with van der Waals surface area (Å²) in [5.41, 5.74) is 3.45. The second kappa shape index (κ2) is 5.81. The first-order valence-corrected chi connectivity index (χ1v) is 7.54. The molecule has 0 N–H and O–H groups in total. The van der Waals surface area contributed by atoms with E-state index in [4.69, 9.17) is 9.15 Å². The minimum absolute atomic E-state index is 0.275. The number of furan rings is 1. The van der Waals surface area contributed by atoms with Crippen LogP contribution >= 0.6 is 0 Å². The standard InChI is InChI=1S/C20H14FNO2/c1-23-18-11-8-14(12-22-18)19-16-4-2-3-5-17(16)24-20(19)13-6-9-15(21)10-7-13/h2-12H,1H3. The number of hydrogen-bond donors (Lipinski definition) is 0. The summed E-state index contributed by atoms with van der Waals surface area (Å²) in [7, 11) is 1.58. The van der Waals surface area contributed by atoms with E-state index < -0.39 is 0 Å². The molecule has 2 aromatic heterocycles. The SMILES string of the molecule is COc1ccc(-c2c(-c3ccc(F)cc3)oc3ccccc23)cn1. The summed E-state index contributed by atoms with van der Waals surface area (Å²) in [5, 5.41) is 0.990. The largest absolute Gasteiger partial charge is 0.481 e. The number of rotatable bonds is 3. The van der Waals surface area contributed by atoms with E-state index in [1.807, 2.05) is 36.4 Å². The van der Waals surface area contributed by atoms with Gasteiger partial charge in [-0.05, 0) is 36.4 Å². The number of aromatic nitrogens is 1. The van der Waals surface area contributed by atoms with Crippen LogP contribution in [0.4, 0.5) is 4.39 Å². The van der Waals surface area contributed by atoms with Crippen molar-refractivity contribution in [3.8, 4) is 28.3 Å². The fraction of sp³-hybridized carbons (Fsp3) is 0.0500. The molecule has 24 heavy (non-hydrogen) atoms. The zero-order valence-electron chi connectivity index (χ0n) is 13.0. The molecule has 0 bridgehead atoms. The van der Waals surface area contributed by atoms with Crippen molar-refractivity contribution in [3.63, 3.8) is 0 Å². The van der Waals surface area contributed by atoms with Crippen LogP contribution in [-0.2, 0) is 0 Å². The number of hydrogen-bond acceptors (Lipinski definition) is 3. The van der Waals surface area contributed by atoms with Gasteiger partial charge in [-0.1, -0.05) is 18.2 Å². The summed E-state index contributed by atoms with van der Waals surface area (Å²) >= 11 is 0. The van der Waals surface area contributed by atoms with Crippen molar-refractivity contribution in [2.45, 2.75) is 0 Å². The van der Waals surface area contributed by atoms with Crippen LogP contribution in [0.25, 0.3) is 33.4 Å². The molecule has 3 nitrogen and oxygen atoms in total. The molecule has 0 aliphatic carbocycles. The molecule has 4 aromatic rings. The molecule has 0 fully saturated rings. The van der Waals surface area contributed by atoms with E-state index in [2.05, 4.69) is 4.98 Å². The van der Waals surface area contributed by atoms with E-state index in [0.29, 0.717) is 11.6 Å². The highest BCUT2D eigenvalue weighted by Gasteiger charge is 2.17. The number of halogens is 1. The highest BCUT2D eigenvalue weighted by atomic mass is 19.1. The minimum Gasteiger partial charge on any atom is -0.481 e. The van der Waals surface area contributed by atoms with Crippen LogP contribution < -0.4 is 4.74 Å². The van der Waals surface area contributed by atoms with Crippen molar-refractivity contribution in [3.05, 3.63) is 72.7 Å². The fourth-order valence-corrected chi connectivity index (χ4v) is 2.79. The van der Waals surface area contributed by atoms with Gasteiger partial charge in [-0.25, -0.2) is 9.37 Å². The molecule has 2 aromatic carbocycles. The van der Waals surface area contributed by atoms with Gasteiger partial charge in [0.1, 0.15) is 17.2 Å². The van der Waals surface area contributed by atoms with Crippen molar-refractivity contribution in [1.82, 2.24) is 4.98 Å². The van der Waals surface area contributed by atoms with Crippen molar-refractivity contribution < 1.29 is 13.5 Å². The third kappa shape index (κ3) is 2.42. The van der Waals surface area contributed by atoms with Gasteiger partial charge in [0.2, 0.25) is 5.88 Å². The van der Waals surface area contributed by atoms with Crippen LogP contribution in [0.15, 0.2) is 71.3 Å². The molecule has 0 radical (unpaired) electrons. The lowest BCUT2D eigenvalue weighted by molar-refractivity contribution is 0.398. The topological polar surface area (TPSA) is 35.3 Å². The van der Waals surface area contributed by atoms with Gasteiger partial charge in [-0.3, -0.25) is 0 Å². The average molecular weight is 319 g/mol. The van der Waals surface area contributed by atoms with Crippen molar-refractivity contribution in [2.75, 3.05) is 7.11 Å². The molecule has 0 saturated heterocycles. The summed E-state index contributed by atoms with van der Waals surface area (Å²) in [6.45, 7) is 0. The minimum atomic E-state index is -0.275. The van der Waals surface area contributed by atoms with Gasteiger partial charge in [-0.2, -0.15) is 0 Å². The maximum atomic E-state index is 13.3. The predicted octanol–water partition coefficient (Wildman–Crippen LogP) is 5.31. The molecule has 118 valence electrons. The molecular weight excluding hydrogens is 305 g/mol. The molecule has 4 heteroatoms. The van der Waals surface area contributed by atoms with Crippen molar-refractivity contribution >= 4 is 11.0 Å². The lowest BCUT2D eigenvalue weighted by Gasteiger charge is -2.05. The van der Waals surface area contributed by atoms with E-state index in [1.54, 1.807) is 25.4 Å². The van der Waals surface area contributed by atoms with Crippen LogP contribution in [0.1, 0.15) is 0 Å². The Labute approximate surface area is 138 Å². The zero-order chi connectivity index (χ0) is 16.5. The van der Waals surface area contributed by atoms with Gasteiger partial charge in [0.25, 0.3) is 0 Å². The quantitative estimate of drug-likeness (QED) is 0.513. The molecule has 4 rings (SSSR count). The van der Waals surface area contributed by atoms with E-state index in [-0.39, 0.29) is 5.82 Å². The van der Waals surface area contributed by atoms with Crippen LogP contribution in [0, 0.1) is 5.82 Å². The number of nitrogens with zero attached hydrogens (tertiary/aromatic N) is 1. The molecular formula is C20H14FNO2. The Morgan fingerprint density at radius 3 is 2.38 bits per heavy atom. The lowest BCUT2D eigenvalue weighted by Crippen LogP contribution is -1.88. The van der Waals surface area contributed by atoms with Gasteiger partial charge in [0, 0.05) is 34.3 Å².